The van der Waals surface area contributed by atoms with E-state index in [4.69, 9.17) is 9.47 Å². The van der Waals surface area contributed by atoms with Crippen LogP contribution < -0.4 is 4.74 Å². The summed E-state index contributed by atoms with van der Waals surface area (Å²) in [5.41, 5.74) is 3.54. The number of methoxy groups -OCH3 is 2. The molecule has 28 heavy (non-hydrogen) atoms. The average Bonchev–Trinajstić information content (AvgIpc) is 2.70. The van der Waals surface area contributed by atoms with E-state index in [0.29, 0.717) is 24.3 Å². The Morgan fingerprint density at radius 2 is 1.71 bits per heavy atom. The van der Waals surface area contributed by atoms with Crippen molar-refractivity contribution in [2.24, 2.45) is 0 Å². The molecule has 0 bridgehead atoms. The van der Waals surface area contributed by atoms with Crippen LogP contribution in [0, 0.1) is 0 Å². The van der Waals surface area contributed by atoms with Crippen molar-refractivity contribution in [3.63, 3.8) is 0 Å². The number of carbonyl (C=O) groups excluding carboxylic acids is 2. The maximum Gasteiger partial charge on any atom is 0.328 e. The predicted molar refractivity (Wildman–Crippen MR) is 108 cm³/mol. The van der Waals surface area contributed by atoms with Crippen molar-refractivity contribution in [3.05, 3.63) is 64.7 Å². The molecule has 1 heterocycles. The first-order chi connectivity index (χ1) is 13.3. The zero-order chi connectivity index (χ0) is 20.5. The van der Waals surface area contributed by atoms with Crippen LogP contribution in [0.5, 0.6) is 5.75 Å². The van der Waals surface area contributed by atoms with Crippen LogP contribution in [-0.2, 0) is 27.9 Å². The van der Waals surface area contributed by atoms with Gasteiger partial charge in [-0.3, -0.25) is 4.79 Å². The lowest BCUT2D eigenvalue weighted by Gasteiger charge is -2.35. The fourth-order valence-corrected chi connectivity index (χ4v) is 3.69. The largest absolute Gasteiger partial charge is 0.496 e. The van der Waals surface area contributed by atoms with Crippen LogP contribution in [-0.4, -0.2) is 37.0 Å². The molecule has 1 amide bonds. The van der Waals surface area contributed by atoms with Gasteiger partial charge in [-0.2, -0.15) is 0 Å². The number of amides is 1. The third kappa shape index (κ3) is 3.75. The number of rotatable bonds is 3. The molecule has 0 aromatic heterocycles. The Balaban J connectivity index is 1.99. The van der Waals surface area contributed by atoms with Crippen LogP contribution in [0.2, 0.25) is 0 Å². The molecule has 0 aliphatic carbocycles. The smallest absolute Gasteiger partial charge is 0.328 e. The van der Waals surface area contributed by atoms with Gasteiger partial charge < -0.3 is 14.4 Å². The summed E-state index contributed by atoms with van der Waals surface area (Å²) >= 11 is 0. The average molecular weight is 381 g/mol. The zero-order valence-corrected chi connectivity index (χ0v) is 17.1. The molecule has 0 radical (unpaired) electrons. The zero-order valence-electron chi connectivity index (χ0n) is 17.1. The maximum atomic E-state index is 13.3. The van der Waals surface area contributed by atoms with Crippen LogP contribution in [0.3, 0.4) is 0 Å². The van der Waals surface area contributed by atoms with E-state index >= 15 is 0 Å². The fraction of sp³-hybridized carbons (Fsp3) is 0.391. The molecule has 0 N–H and O–H groups in total. The Hall–Kier alpha value is -2.82. The summed E-state index contributed by atoms with van der Waals surface area (Å²) < 4.78 is 10.5. The summed E-state index contributed by atoms with van der Waals surface area (Å²) in [6, 6.07) is 12.7. The minimum atomic E-state index is -0.638. The van der Waals surface area contributed by atoms with Gasteiger partial charge >= 0.3 is 5.97 Å². The summed E-state index contributed by atoms with van der Waals surface area (Å²) in [7, 11) is 2.96. The van der Waals surface area contributed by atoms with E-state index in [-0.39, 0.29) is 11.3 Å². The molecular formula is C23H27NO4. The Morgan fingerprint density at radius 3 is 2.32 bits per heavy atom. The highest BCUT2D eigenvalue weighted by Crippen LogP contribution is 2.33. The van der Waals surface area contributed by atoms with Gasteiger partial charge in [0.05, 0.1) is 14.2 Å². The number of hydrogen-bond donors (Lipinski definition) is 0. The van der Waals surface area contributed by atoms with Gasteiger partial charge in [-0.05, 0) is 34.2 Å². The summed E-state index contributed by atoms with van der Waals surface area (Å²) in [6.45, 7) is 6.67. The molecular weight excluding hydrogens is 354 g/mol. The Bertz CT molecular complexity index is 898. The maximum absolute atomic E-state index is 13.3. The van der Waals surface area contributed by atoms with E-state index in [0.717, 1.165) is 16.7 Å². The molecule has 1 aliphatic rings. The SMILES string of the molecule is COC(=O)C1Cc2ccccc2CN1C(=O)c1ccc(C(C)(C)C)c(OC)c1. The number of fused-ring (bicyclic) bond motifs is 1. The number of ether oxygens (including phenoxy) is 2. The molecule has 1 aliphatic heterocycles. The van der Waals surface area contributed by atoms with Gasteiger partial charge in [0.25, 0.3) is 5.91 Å². The number of benzene rings is 2. The molecule has 2 aromatic carbocycles. The molecule has 3 rings (SSSR count). The van der Waals surface area contributed by atoms with E-state index in [2.05, 4.69) is 20.8 Å². The highest BCUT2D eigenvalue weighted by molar-refractivity contribution is 5.97. The first-order valence-electron chi connectivity index (χ1n) is 9.40. The van der Waals surface area contributed by atoms with E-state index in [9.17, 15) is 9.59 Å². The van der Waals surface area contributed by atoms with E-state index < -0.39 is 12.0 Å². The van der Waals surface area contributed by atoms with Gasteiger partial charge in [0.2, 0.25) is 0 Å². The molecule has 1 unspecified atom stereocenters. The minimum Gasteiger partial charge on any atom is -0.496 e. The van der Waals surface area contributed by atoms with E-state index in [1.54, 1.807) is 24.1 Å². The second-order valence-electron chi connectivity index (χ2n) is 8.11. The lowest BCUT2D eigenvalue weighted by molar-refractivity contribution is -0.146. The Morgan fingerprint density at radius 1 is 1.04 bits per heavy atom. The predicted octanol–water partition coefficient (Wildman–Crippen LogP) is 3.73. The highest BCUT2D eigenvalue weighted by atomic mass is 16.5. The van der Waals surface area contributed by atoms with Crippen LogP contribution in [0.25, 0.3) is 0 Å². The third-order valence-corrected chi connectivity index (χ3v) is 5.24. The van der Waals surface area contributed by atoms with Gasteiger partial charge in [0.1, 0.15) is 11.8 Å². The van der Waals surface area contributed by atoms with Crippen molar-refractivity contribution < 1.29 is 19.1 Å². The van der Waals surface area contributed by atoms with Crippen LogP contribution >= 0.6 is 0 Å². The third-order valence-electron chi connectivity index (χ3n) is 5.24. The molecule has 148 valence electrons. The van der Waals surface area contributed by atoms with E-state index in [1.165, 1.54) is 7.11 Å². The second-order valence-corrected chi connectivity index (χ2v) is 8.11. The molecule has 0 saturated heterocycles. The van der Waals surface area contributed by atoms with Crippen LogP contribution in [0.1, 0.15) is 47.8 Å². The molecule has 0 saturated carbocycles. The normalized spacial score (nSPS) is 16.3. The second kappa shape index (κ2) is 7.66. The molecule has 0 spiro atoms. The summed E-state index contributed by atoms with van der Waals surface area (Å²) in [5.74, 6) is 0.0650. The highest BCUT2D eigenvalue weighted by Gasteiger charge is 2.36. The van der Waals surface area contributed by atoms with Gasteiger partial charge in [-0.25, -0.2) is 4.79 Å². The lowest BCUT2D eigenvalue weighted by atomic mass is 9.85. The molecule has 5 heteroatoms. The van der Waals surface area contributed by atoms with Gasteiger partial charge in [-0.1, -0.05) is 51.1 Å². The quantitative estimate of drug-likeness (QED) is 0.760. The summed E-state index contributed by atoms with van der Waals surface area (Å²) in [5, 5.41) is 0. The Kier molecular flexibility index (Phi) is 5.45. The molecule has 5 nitrogen and oxygen atoms in total. The Labute approximate surface area is 166 Å². The number of hydrogen-bond acceptors (Lipinski definition) is 4. The van der Waals surface area contributed by atoms with Crippen molar-refractivity contribution in [2.75, 3.05) is 14.2 Å². The fourth-order valence-electron chi connectivity index (χ4n) is 3.69. The monoisotopic (exact) mass is 381 g/mol. The topological polar surface area (TPSA) is 55.8 Å². The van der Waals surface area contributed by atoms with Crippen LogP contribution in [0.4, 0.5) is 0 Å². The van der Waals surface area contributed by atoms with Crippen LogP contribution in [0.15, 0.2) is 42.5 Å². The molecule has 1 atom stereocenters. The van der Waals surface area contributed by atoms with Crippen molar-refractivity contribution in [2.45, 2.75) is 45.2 Å². The number of carbonyl (C=O) groups is 2. The van der Waals surface area contributed by atoms with E-state index in [1.807, 2.05) is 30.3 Å². The number of nitrogens with zero attached hydrogens (tertiary/aromatic N) is 1. The van der Waals surface area contributed by atoms with Crippen molar-refractivity contribution in [3.8, 4) is 5.75 Å². The number of esters is 1. The molecule has 0 fully saturated rings. The summed E-state index contributed by atoms with van der Waals surface area (Å²) in [4.78, 5) is 27.3. The van der Waals surface area contributed by atoms with Crippen molar-refractivity contribution >= 4 is 11.9 Å². The summed E-state index contributed by atoms with van der Waals surface area (Å²) in [6.07, 6.45) is 0.450. The first-order valence-corrected chi connectivity index (χ1v) is 9.40. The van der Waals surface area contributed by atoms with Gasteiger partial charge in [0, 0.05) is 18.5 Å². The first kappa shape index (κ1) is 19.9. The van der Waals surface area contributed by atoms with Crippen molar-refractivity contribution in [1.29, 1.82) is 0 Å². The standard InChI is InChI=1S/C23H27NO4/c1-23(2,3)18-11-10-16(13-20(18)27-4)21(25)24-14-17-9-7-6-8-15(17)12-19(24)22(26)28-5/h6-11,13,19H,12,14H2,1-5H3. The lowest BCUT2D eigenvalue weighted by Crippen LogP contribution is -2.49. The van der Waals surface area contributed by atoms with Gasteiger partial charge in [-0.15, -0.1) is 0 Å². The van der Waals surface area contributed by atoms with Gasteiger partial charge in [0.15, 0.2) is 0 Å². The van der Waals surface area contributed by atoms with Crippen molar-refractivity contribution in [1.82, 2.24) is 4.90 Å². The minimum absolute atomic E-state index is 0.106. The molecule has 2 aromatic rings.